The van der Waals surface area contributed by atoms with E-state index in [1.54, 1.807) is 13.4 Å². The monoisotopic (exact) mass is 319 g/mol. The van der Waals surface area contributed by atoms with Gasteiger partial charge in [0, 0.05) is 33.2 Å². The molecule has 22 heavy (non-hydrogen) atoms. The maximum atomic E-state index is 12.0. The number of amides is 1. The molecule has 1 N–H and O–H groups in total. The molecule has 0 bridgehead atoms. The Kier molecular flexibility index (Phi) is 4.26. The van der Waals surface area contributed by atoms with Crippen molar-refractivity contribution in [2.75, 3.05) is 44.7 Å². The van der Waals surface area contributed by atoms with Gasteiger partial charge < -0.3 is 15.1 Å². The zero-order chi connectivity index (χ0) is 15.7. The molecule has 2 aromatic rings. The highest BCUT2D eigenvalue weighted by atomic mass is 32.1. The highest BCUT2D eigenvalue weighted by Gasteiger charge is 2.23. The van der Waals surface area contributed by atoms with E-state index in [0.29, 0.717) is 0 Å². The number of anilines is 1. The van der Waals surface area contributed by atoms with Crippen LogP contribution in [-0.2, 0) is 0 Å². The molecule has 6 nitrogen and oxygen atoms in total. The molecule has 1 saturated heterocycles. The van der Waals surface area contributed by atoms with Crippen molar-refractivity contribution in [3.63, 3.8) is 0 Å². The van der Waals surface area contributed by atoms with Crippen molar-refractivity contribution in [2.45, 2.75) is 13.8 Å². The average Bonchev–Trinajstić information content (AvgIpc) is 2.91. The largest absolute Gasteiger partial charge is 0.354 e. The lowest BCUT2D eigenvalue weighted by molar-refractivity contribution is 0.0966. The van der Waals surface area contributed by atoms with Gasteiger partial charge in [-0.15, -0.1) is 11.3 Å². The molecule has 1 amide bonds. The van der Waals surface area contributed by atoms with Crippen LogP contribution in [0.15, 0.2) is 6.33 Å². The zero-order valence-electron chi connectivity index (χ0n) is 13.2. The van der Waals surface area contributed by atoms with Gasteiger partial charge in [-0.1, -0.05) is 6.92 Å². The minimum atomic E-state index is -0.0535. The lowest BCUT2D eigenvalue weighted by Gasteiger charge is -2.35. The lowest BCUT2D eigenvalue weighted by atomic mass is 10.1. The maximum Gasteiger partial charge on any atom is 0.261 e. The third-order valence-corrected chi connectivity index (χ3v) is 5.46. The molecule has 1 aliphatic heterocycles. The van der Waals surface area contributed by atoms with Crippen molar-refractivity contribution in [1.82, 2.24) is 20.2 Å². The normalized spacial score (nSPS) is 16.2. The van der Waals surface area contributed by atoms with E-state index in [1.807, 2.05) is 6.92 Å². The number of thiophene rings is 1. The molecular formula is C15H21N5OS. The minimum absolute atomic E-state index is 0.0535. The van der Waals surface area contributed by atoms with Crippen LogP contribution in [0.2, 0.25) is 0 Å². The molecule has 1 fully saturated rings. The predicted octanol–water partition coefficient (Wildman–Crippen LogP) is 1.50. The van der Waals surface area contributed by atoms with E-state index >= 15 is 0 Å². The Labute approximate surface area is 134 Å². The van der Waals surface area contributed by atoms with E-state index in [2.05, 4.69) is 32.0 Å². The first kappa shape index (κ1) is 15.2. The first-order valence-corrected chi connectivity index (χ1v) is 8.40. The first-order chi connectivity index (χ1) is 10.7. The number of likely N-dealkylation sites (N-methyl/N-ethyl adjacent to an activating group) is 1. The molecule has 1 aliphatic rings. The number of rotatable bonds is 3. The van der Waals surface area contributed by atoms with Crippen LogP contribution in [0, 0.1) is 6.92 Å². The summed E-state index contributed by atoms with van der Waals surface area (Å²) in [4.78, 5) is 27.2. The van der Waals surface area contributed by atoms with Gasteiger partial charge in [-0.3, -0.25) is 4.79 Å². The number of nitrogens with one attached hydrogen (secondary N) is 1. The van der Waals surface area contributed by atoms with Gasteiger partial charge in [0.15, 0.2) is 0 Å². The molecule has 0 aliphatic carbocycles. The Morgan fingerprint density at radius 1 is 1.32 bits per heavy atom. The quantitative estimate of drug-likeness (QED) is 0.929. The van der Waals surface area contributed by atoms with Gasteiger partial charge in [0.05, 0.1) is 10.3 Å². The number of piperazine rings is 1. The van der Waals surface area contributed by atoms with Crippen molar-refractivity contribution in [2.24, 2.45) is 0 Å². The van der Waals surface area contributed by atoms with Crippen LogP contribution in [0.4, 0.5) is 5.82 Å². The number of nitrogens with zero attached hydrogens (tertiary/aromatic N) is 4. The minimum Gasteiger partial charge on any atom is -0.354 e. The third kappa shape index (κ3) is 2.55. The standard InChI is InChI=1S/C15H21N5OS/c1-4-19-5-7-20(8-6-19)13-11-10(2)12(14(21)16-3)22-15(11)18-9-17-13/h9H,4-8H2,1-3H3,(H,16,21). The highest BCUT2D eigenvalue weighted by Crippen LogP contribution is 2.35. The Morgan fingerprint density at radius 2 is 2.05 bits per heavy atom. The van der Waals surface area contributed by atoms with Crippen molar-refractivity contribution in [3.05, 3.63) is 16.8 Å². The van der Waals surface area contributed by atoms with Crippen LogP contribution < -0.4 is 10.2 Å². The van der Waals surface area contributed by atoms with Gasteiger partial charge in [-0.2, -0.15) is 0 Å². The van der Waals surface area contributed by atoms with Gasteiger partial charge in [0.25, 0.3) is 5.91 Å². The molecule has 2 aromatic heterocycles. The van der Waals surface area contributed by atoms with Gasteiger partial charge in [-0.05, 0) is 19.0 Å². The van der Waals surface area contributed by atoms with Crippen molar-refractivity contribution in [3.8, 4) is 0 Å². The Hall–Kier alpha value is -1.73. The summed E-state index contributed by atoms with van der Waals surface area (Å²) in [5, 5.41) is 3.72. The fraction of sp³-hybridized carbons (Fsp3) is 0.533. The van der Waals surface area contributed by atoms with E-state index in [1.165, 1.54) is 11.3 Å². The van der Waals surface area contributed by atoms with Crippen LogP contribution >= 0.6 is 11.3 Å². The number of aromatic nitrogens is 2. The SMILES string of the molecule is CCN1CCN(c2ncnc3sc(C(=O)NC)c(C)c23)CC1. The highest BCUT2D eigenvalue weighted by molar-refractivity contribution is 7.20. The smallest absolute Gasteiger partial charge is 0.261 e. The fourth-order valence-electron chi connectivity index (χ4n) is 2.90. The molecule has 3 rings (SSSR count). The molecule has 118 valence electrons. The number of aryl methyl sites for hydroxylation is 1. The molecule has 0 atom stereocenters. The van der Waals surface area contributed by atoms with Crippen molar-refractivity contribution >= 4 is 33.3 Å². The second-order valence-electron chi connectivity index (χ2n) is 5.43. The van der Waals surface area contributed by atoms with E-state index in [4.69, 9.17) is 0 Å². The van der Waals surface area contributed by atoms with Crippen molar-refractivity contribution < 1.29 is 4.79 Å². The molecule has 0 unspecified atom stereocenters. The fourth-order valence-corrected chi connectivity index (χ4v) is 3.99. The van der Waals surface area contributed by atoms with Gasteiger partial charge in [0.1, 0.15) is 17.0 Å². The summed E-state index contributed by atoms with van der Waals surface area (Å²) in [5.41, 5.74) is 0.980. The van der Waals surface area contributed by atoms with E-state index < -0.39 is 0 Å². The summed E-state index contributed by atoms with van der Waals surface area (Å²) in [5.74, 6) is 0.909. The molecule has 0 radical (unpaired) electrons. The second-order valence-corrected chi connectivity index (χ2v) is 6.43. The van der Waals surface area contributed by atoms with Crippen LogP contribution in [0.1, 0.15) is 22.2 Å². The molecule has 0 spiro atoms. The Morgan fingerprint density at radius 3 is 2.68 bits per heavy atom. The van der Waals surface area contributed by atoms with Gasteiger partial charge in [-0.25, -0.2) is 9.97 Å². The zero-order valence-corrected chi connectivity index (χ0v) is 14.0. The lowest BCUT2D eigenvalue weighted by Crippen LogP contribution is -2.46. The molecule has 0 aromatic carbocycles. The molecule has 0 saturated carbocycles. The average molecular weight is 319 g/mol. The molecule has 7 heteroatoms. The van der Waals surface area contributed by atoms with Gasteiger partial charge in [0.2, 0.25) is 0 Å². The van der Waals surface area contributed by atoms with E-state index in [-0.39, 0.29) is 5.91 Å². The number of hydrogen-bond acceptors (Lipinski definition) is 6. The summed E-state index contributed by atoms with van der Waals surface area (Å²) in [6, 6.07) is 0. The van der Waals surface area contributed by atoms with Crippen LogP contribution in [0.25, 0.3) is 10.2 Å². The number of carbonyl (C=O) groups is 1. The topological polar surface area (TPSA) is 61.4 Å². The van der Waals surface area contributed by atoms with Crippen LogP contribution in [0.5, 0.6) is 0 Å². The Balaban J connectivity index is 2.00. The van der Waals surface area contributed by atoms with Crippen LogP contribution in [0.3, 0.4) is 0 Å². The summed E-state index contributed by atoms with van der Waals surface area (Å²) in [6.07, 6.45) is 1.60. The number of hydrogen-bond donors (Lipinski definition) is 1. The van der Waals surface area contributed by atoms with Crippen molar-refractivity contribution in [1.29, 1.82) is 0 Å². The Bertz CT molecular complexity index is 691. The first-order valence-electron chi connectivity index (χ1n) is 7.59. The predicted molar refractivity (Wildman–Crippen MR) is 89.9 cm³/mol. The van der Waals surface area contributed by atoms with E-state index in [9.17, 15) is 4.79 Å². The number of carbonyl (C=O) groups excluding carboxylic acids is 1. The maximum absolute atomic E-state index is 12.0. The summed E-state index contributed by atoms with van der Waals surface area (Å²) >= 11 is 1.44. The summed E-state index contributed by atoms with van der Waals surface area (Å²) in [6.45, 7) is 9.29. The second kappa shape index (κ2) is 6.18. The van der Waals surface area contributed by atoms with Crippen LogP contribution in [-0.4, -0.2) is 60.5 Å². The third-order valence-electron chi connectivity index (χ3n) is 4.26. The van der Waals surface area contributed by atoms with E-state index in [0.717, 1.165) is 59.2 Å². The molecule has 3 heterocycles. The summed E-state index contributed by atoms with van der Waals surface area (Å²) in [7, 11) is 1.66. The summed E-state index contributed by atoms with van der Waals surface area (Å²) < 4.78 is 0. The molecular weight excluding hydrogens is 298 g/mol. The van der Waals surface area contributed by atoms with Gasteiger partial charge >= 0.3 is 0 Å². The number of fused-ring (bicyclic) bond motifs is 1.